The summed E-state index contributed by atoms with van der Waals surface area (Å²) >= 11 is 12.0. The molecule has 2 rings (SSSR count). The molecule has 0 spiro atoms. The predicted molar refractivity (Wildman–Crippen MR) is 115 cm³/mol. The van der Waals surface area contributed by atoms with Crippen molar-refractivity contribution < 1.29 is 25.8 Å². The number of alkyl halides is 3. The zero-order valence-electron chi connectivity index (χ0n) is 15.5. The Balaban J connectivity index is 0.000000407. The van der Waals surface area contributed by atoms with Gasteiger partial charge in [-0.1, -0.05) is 35.3 Å². The summed E-state index contributed by atoms with van der Waals surface area (Å²) in [5.41, 5.74) is -4.78. The summed E-state index contributed by atoms with van der Waals surface area (Å²) in [7, 11) is -5.78. The fourth-order valence-corrected chi connectivity index (χ4v) is 2.86. The Morgan fingerprint density at radius 2 is 1.29 bits per heavy atom. The van der Waals surface area contributed by atoms with Crippen molar-refractivity contribution in [2.45, 2.75) is 12.4 Å². The van der Waals surface area contributed by atoms with E-state index in [9.17, 15) is 21.6 Å². The Morgan fingerprint density at radius 3 is 1.77 bits per heavy atom. The molecule has 0 atom stereocenters. The molecule has 3 nitrogen and oxygen atoms in total. The highest BCUT2D eigenvalue weighted by Crippen LogP contribution is 2.39. The Labute approximate surface area is 188 Å². The molecule has 0 N–H and O–H groups in total. The number of hydrogen-bond acceptors (Lipinski definition) is 3. The molecule has 0 aliphatic carbocycles. The van der Waals surface area contributed by atoms with E-state index in [1.54, 1.807) is 13.0 Å². The summed E-state index contributed by atoms with van der Waals surface area (Å²) in [5.74, 6) is 17.8. The van der Waals surface area contributed by atoms with Gasteiger partial charge in [0.1, 0.15) is 0 Å². The van der Waals surface area contributed by atoms with Crippen molar-refractivity contribution in [1.29, 1.82) is 0 Å². The minimum atomic E-state index is -5.78. The fourth-order valence-electron chi connectivity index (χ4n) is 1.85. The molecule has 0 saturated heterocycles. The zero-order chi connectivity index (χ0) is 23.7. The highest BCUT2D eigenvalue weighted by molar-refractivity contribution is 7.88. The Bertz CT molecular complexity index is 1340. The van der Waals surface area contributed by atoms with Crippen molar-refractivity contribution in [3.05, 3.63) is 39.9 Å². The molecule has 0 radical (unpaired) electrons. The van der Waals surface area contributed by atoms with E-state index in [0.717, 1.165) is 11.6 Å². The Kier molecular flexibility index (Phi) is 9.21. The van der Waals surface area contributed by atoms with Crippen molar-refractivity contribution in [3.8, 4) is 66.0 Å². The molecule has 0 saturated carbocycles. The first kappa shape index (κ1) is 25.7. The Hall–Kier alpha value is -3.38. The fraction of sp³-hybridized carbons (Fsp3) is 0.0909. The number of benzene rings is 2. The maximum Gasteiger partial charge on any atom is 0.534 e. The van der Waals surface area contributed by atoms with Crippen LogP contribution in [0.1, 0.15) is 5.56 Å². The van der Waals surface area contributed by atoms with Gasteiger partial charge in [-0.2, -0.15) is 21.6 Å². The highest BCUT2D eigenvalue weighted by Gasteiger charge is 2.48. The average Bonchev–Trinajstić information content (AvgIpc) is 2.69. The van der Waals surface area contributed by atoms with Gasteiger partial charge < -0.3 is 4.18 Å². The molecule has 0 aliphatic rings. The number of rotatable bonds is 2. The van der Waals surface area contributed by atoms with Gasteiger partial charge >= 0.3 is 15.6 Å². The SMILES string of the molecule is C#CC#CC#CC#CC#C.Cc1ccc2c(Cl)c(OS(=O)(=O)C(F)(F)F)ccc2c1Cl. The van der Waals surface area contributed by atoms with Gasteiger partial charge in [0.2, 0.25) is 0 Å². The number of halogens is 5. The highest BCUT2D eigenvalue weighted by atomic mass is 35.5. The average molecular weight is 481 g/mol. The summed E-state index contributed by atoms with van der Waals surface area (Å²) in [6.07, 6.45) is 9.62. The van der Waals surface area contributed by atoms with Crippen molar-refractivity contribution in [2.24, 2.45) is 0 Å². The van der Waals surface area contributed by atoms with Crippen molar-refractivity contribution in [1.82, 2.24) is 0 Å². The van der Waals surface area contributed by atoms with E-state index >= 15 is 0 Å². The number of aryl methyl sites for hydroxylation is 1. The third-order valence-corrected chi connectivity index (χ3v) is 5.02. The molecule has 2 aromatic carbocycles. The standard InChI is InChI=1S/C12H7Cl2F3O3S.C10H2/c1-6-2-3-8-7(10(6)13)4-5-9(11(8)14)20-21(18,19)12(15,16)17;1-3-5-7-9-10-8-6-4-2/h2-5H,1H3;1-2H. The van der Waals surface area contributed by atoms with Crippen LogP contribution in [0.5, 0.6) is 5.75 Å². The second-order valence-electron chi connectivity index (χ2n) is 5.19. The molecule has 0 heterocycles. The number of fused-ring (bicyclic) bond motifs is 1. The monoisotopic (exact) mass is 480 g/mol. The van der Waals surface area contributed by atoms with Gasteiger partial charge in [-0.25, -0.2) is 0 Å². The van der Waals surface area contributed by atoms with Crippen LogP contribution in [-0.4, -0.2) is 13.9 Å². The van der Waals surface area contributed by atoms with Crippen LogP contribution >= 0.6 is 23.2 Å². The van der Waals surface area contributed by atoms with Crippen LogP contribution in [0.3, 0.4) is 0 Å². The Morgan fingerprint density at radius 1 is 0.839 bits per heavy atom. The lowest BCUT2D eigenvalue weighted by Crippen LogP contribution is -2.28. The molecular weight excluding hydrogens is 472 g/mol. The summed E-state index contributed by atoms with van der Waals surface area (Å²) in [4.78, 5) is 0. The summed E-state index contributed by atoms with van der Waals surface area (Å²) in [6, 6.07) is 5.50. The molecule has 9 heteroatoms. The predicted octanol–water partition coefficient (Wildman–Crippen LogP) is 4.95. The first-order valence-corrected chi connectivity index (χ1v) is 9.92. The first-order chi connectivity index (χ1) is 14.5. The lowest BCUT2D eigenvalue weighted by molar-refractivity contribution is -0.0500. The van der Waals surface area contributed by atoms with Crippen LogP contribution in [0.15, 0.2) is 24.3 Å². The summed E-state index contributed by atoms with van der Waals surface area (Å²) in [5, 5.41) is 0.891. The zero-order valence-corrected chi connectivity index (χ0v) is 17.8. The molecule has 0 fully saturated rings. The van der Waals surface area contributed by atoms with Gasteiger partial charge in [0.05, 0.1) is 10.0 Å². The third-order valence-electron chi connectivity index (χ3n) is 3.17. The number of terminal acetylenes is 2. The van der Waals surface area contributed by atoms with Gasteiger partial charge in [-0.15, -0.1) is 12.8 Å². The summed E-state index contributed by atoms with van der Waals surface area (Å²) < 4.78 is 63.0. The quantitative estimate of drug-likeness (QED) is 0.347. The van der Waals surface area contributed by atoms with Gasteiger partial charge in [0, 0.05) is 10.8 Å². The van der Waals surface area contributed by atoms with Crippen LogP contribution in [0.25, 0.3) is 10.8 Å². The van der Waals surface area contributed by atoms with Gasteiger partial charge in [0.15, 0.2) is 5.75 Å². The molecule has 0 amide bonds. The van der Waals surface area contributed by atoms with E-state index in [1.165, 1.54) is 12.1 Å². The van der Waals surface area contributed by atoms with Crippen LogP contribution in [0.4, 0.5) is 13.2 Å². The first-order valence-electron chi connectivity index (χ1n) is 7.75. The lowest BCUT2D eigenvalue weighted by atomic mass is 10.1. The maximum atomic E-state index is 12.3. The van der Waals surface area contributed by atoms with Crippen molar-refractivity contribution in [3.63, 3.8) is 0 Å². The van der Waals surface area contributed by atoms with Crippen LogP contribution in [0.2, 0.25) is 10.0 Å². The number of hydrogen-bond donors (Lipinski definition) is 0. The van der Waals surface area contributed by atoms with E-state index in [4.69, 9.17) is 36.0 Å². The van der Waals surface area contributed by atoms with E-state index in [0.29, 0.717) is 15.8 Å². The molecule has 0 aliphatic heterocycles. The third kappa shape index (κ3) is 7.12. The van der Waals surface area contributed by atoms with E-state index in [1.807, 2.05) is 0 Å². The van der Waals surface area contributed by atoms with Gasteiger partial charge in [-0.3, -0.25) is 0 Å². The molecular formula is C22H9Cl2F3O3S. The van der Waals surface area contributed by atoms with E-state index < -0.39 is 21.4 Å². The van der Waals surface area contributed by atoms with Crippen LogP contribution in [-0.2, 0) is 10.1 Å². The molecule has 2 aromatic rings. The summed E-state index contributed by atoms with van der Waals surface area (Å²) in [6.45, 7) is 1.74. The van der Waals surface area contributed by atoms with Gasteiger partial charge in [0.25, 0.3) is 0 Å². The van der Waals surface area contributed by atoms with Gasteiger partial charge in [-0.05, 0) is 72.0 Å². The van der Waals surface area contributed by atoms with E-state index in [-0.39, 0.29) is 5.02 Å². The maximum absolute atomic E-state index is 12.3. The molecule has 0 aromatic heterocycles. The van der Waals surface area contributed by atoms with Crippen molar-refractivity contribution >= 4 is 44.1 Å². The minimum Gasteiger partial charge on any atom is -0.374 e. The minimum absolute atomic E-state index is 0.262. The molecule has 0 bridgehead atoms. The molecule has 0 unspecified atom stereocenters. The smallest absolute Gasteiger partial charge is 0.374 e. The second kappa shape index (κ2) is 11.1. The van der Waals surface area contributed by atoms with Crippen molar-refractivity contribution in [2.75, 3.05) is 0 Å². The normalized spacial score (nSPS) is 9.68. The molecule has 31 heavy (non-hydrogen) atoms. The molecule has 156 valence electrons. The largest absolute Gasteiger partial charge is 0.534 e. The van der Waals surface area contributed by atoms with Crippen LogP contribution < -0.4 is 4.18 Å². The van der Waals surface area contributed by atoms with Crippen LogP contribution in [0, 0.1) is 67.1 Å². The second-order valence-corrected chi connectivity index (χ2v) is 7.48. The lowest BCUT2D eigenvalue weighted by Gasteiger charge is -2.12. The van der Waals surface area contributed by atoms with E-state index in [2.05, 4.69) is 51.5 Å². The topological polar surface area (TPSA) is 43.4 Å².